The highest BCUT2D eigenvalue weighted by Gasteiger charge is 2.16. The van der Waals surface area contributed by atoms with E-state index in [1.54, 1.807) is 24.2 Å². The third-order valence-electron chi connectivity index (χ3n) is 3.55. The molecule has 0 saturated heterocycles. The Morgan fingerprint density at radius 2 is 2.12 bits per heavy atom. The van der Waals surface area contributed by atoms with E-state index in [2.05, 4.69) is 38.0 Å². The molecule has 1 aromatic carbocycles. The van der Waals surface area contributed by atoms with Crippen LogP contribution in [0.4, 0.5) is 5.69 Å². The van der Waals surface area contributed by atoms with E-state index in [1.165, 1.54) is 0 Å². The Hall–Kier alpha value is -2.42. The van der Waals surface area contributed by atoms with Gasteiger partial charge in [-0.1, -0.05) is 6.07 Å². The van der Waals surface area contributed by atoms with Gasteiger partial charge in [-0.05, 0) is 59.8 Å². The largest absolute Gasteiger partial charge is 0.497 e. The summed E-state index contributed by atoms with van der Waals surface area (Å²) in [7, 11) is 1.61. The van der Waals surface area contributed by atoms with Gasteiger partial charge in [-0.2, -0.15) is 5.10 Å². The SMILES string of the molecule is COc1ccc(NC(=O)c2cnn(-c3ccccn3)c2C)c(I)c1. The van der Waals surface area contributed by atoms with Crippen molar-refractivity contribution in [2.75, 3.05) is 12.4 Å². The van der Waals surface area contributed by atoms with E-state index in [1.807, 2.05) is 43.3 Å². The minimum atomic E-state index is -0.210. The van der Waals surface area contributed by atoms with E-state index in [0.717, 1.165) is 20.7 Å². The Balaban J connectivity index is 1.85. The van der Waals surface area contributed by atoms with Crippen molar-refractivity contribution < 1.29 is 9.53 Å². The van der Waals surface area contributed by atoms with Crippen molar-refractivity contribution in [3.05, 3.63) is 63.6 Å². The Morgan fingerprint density at radius 3 is 2.79 bits per heavy atom. The summed E-state index contributed by atoms with van der Waals surface area (Å²) < 4.78 is 7.72. The molecule has 7 heteroatoms. The molecule has 2 aromatic heterocycles. The van der Waals surface area contributed by atoms with E-state index < -0.39 is 0 Å². The van der Waals surface area contributed by atoms with Gasteiger partial charge in [0.25, 0.3) is 5.91 Å². The van der Waals surface area contributed by atoms with E-state index >= 15 is 0 Å². The van der Waals surface area contributed by atoms with E-state index in [0.29, 0.717) is 11.4 Å². The number of pyridine rings is 1. The number of halogens is 1. The Morgan fingerprint density at radius 1 is 1.29 bits per heavy atom. The lowest BCUT2D eigenvalue weighted by Crippen LogP contribution is -2.14. The molecular formula is C17H15IN4O2. The zero-order chi connectivity index (χ0) is 17.1. The summed E-state index contributed by atoms with van der Waals surface area (Å²) in [6.45, 7) is 1.84. The number of nitrogens with one attached hydrogen (secondary N) is 1. The van der Waals surface area contributed by atoms with Crippen LogP contribution in [-0.2, 0) is 0 Å². The maximum Gasteiger partial charge on any atom is 0.259 e. The first kappa shape index (κ1) is 16.4. The van der Waals surface area contributed by atoms with Gasteiger partial charge in [0.2, 0.25) is 0 Å². The average Bonchev–Trinajstić information content (AvgIpc) is 2.99. The Kier molecular flexibility index (Phi) is 4.79. The number of hydrogen-bond acceptors (Lipinski definition) is 4. The number of methoxy groups -OCH3 is 1. The highest BCUT2D eigenvalue weighted by Crippen LogP contribution is 2.24. The smallest absolute Gasteiger partial charge is 0.259 e. The van der Waals surface area contributed by atoms with Crippen LogP contribution in [0.5, 0.6) is 5.75 Å². The minimum Gasteiger partial charge on any atom is -0.497 e. The standard InChI is InChI=1S/C17H15IN4O2/c1-11-13(10-20-22(11)16-5-3-4-8-19-16)17(23)21-15-7-6-12(24-2)9-14(15)18/h3-10H,1-2H3,(H,21,23). The van der Waals surface area contributed by atoms with Crippen LogP contribution in [0.25, 0.3) is 5.82 Å². The van der Waals surface area contributed by atoms with E-state index in [-0.39, 0.29) is 5.91 Å². The highest BCUT2D eigenvalue weighted by molar-refractivity contribution is 14.1. The zero-order valence-corrected chi connectivity index (χ0v) is 15.3. The first-order chi connectivity index (χ1) is 11.6. The molecule has 0 bridgehead atoms. The molecule has 3 aromatic rings. The molecule has 0 radical (unpaired) electrons. The van der Waals surface area contributed by atoms with Crippen molar-refractivity contribution in [1.82, 2.24) is 14.8 Å². The highest BCUT2D eigenvalue weighted by atomic mass is 127. The van der Waals surface area contributed by atoms with Crippen molar-refractivity contribution in [3.63, 3.8) is 0 Å². The van der Waals surface area contributed by atoms with Crippen LogP contribution < -0.4 is 10.1 Å². The number of carbonyl (C=O) groups excluding carboxylic acids is 1. The van der Waals surface area contributed by atoms with Gasteiger partial charge in [0.15, 0.2) is 5.82 Å². The maximum absolute atomic E-state index is 12.6. The predicted molar refractivity (Wildman–Crippen MR) is 99.8 cm³/mol. The molecule has 1 N–H and O–H groups in total. The molecule has 122 valence electrons. The molecule has 0 saturated carbocycles. The van der Waals surface area contributed by atoms with Crippen LogP contribution in [0, 0.1) is 10.5 Å². The lowest BCUT2D eigenvalue weighted by Gasteiger charge is -2.09. The molecular weight excluding hydrogens is 419 g/mol. The molecule has 1 amide bonds. The van der Waals surface area contributed by atoms with Gasteiger partial charge in [0, 0.05) is 9.77 Å². The molecule has 0 spiro atoms. The van der Waals surface area contributed by atoms with Gasteiger partial charge < -0.3 is 10.1 Å². The summed E-state index contributed by atoms with van der Waals surface area (Å²) in [5, 5.41) is 7.18. The predicted octanol–water partition coefficient (Wildman–Crippen LogP) is 3.44. The fraction of sp³-hybridized carbons (Fsp3) is 0.118. The number of amides is 1. The van der Waals surface area contributed by atoms with Crippen LogP contribution in [0.2, 0.25) is 0 Å². The summed E-state index contributed by atoms with van der Waals surface area (Å²) >= 11 is 2.16. The van der Waals surface area contributed by atoms with Crippen molar-refractivity contribution in [1.29, 1.82) is 0 Å². The molecule has 0 aliphatic rings. The molecule has 3 rings (SSSR count). The second-order valence-corrected chi connectivity index (χ2v) is 6.21. The van der Waals surface area contributed by atoms with Crippen LogP contribution in [0.3, 0.4) is 0 Å². The quantitative estimate of drug-likeness (QED) is 0.639. The zero-order valence-electron chi connectivity index (χ0n) is 13.2. The van der Waals surface area contributed by atoms with E-state index in [4.69, 9.17) is 4.74 Å². The summed E-state index contributed by atoms with van der Waals surface area (Å²) in [6.07, 6.45) is 3.24. The molecule has 6 nitrogen and oxygen atoms in total. The first-order valence-electron chi connectivity index (χ1n) is 7.21. The fourth-order valence-corrected chi connectivity index (χ4v) is 2.88. The number of hydrogen-bond donors (Lipinski definition) is 1. The van der Waals surface area contributed by atoms with Crippen molar-refractivity contribution >= 4 is 34.2 Å². The normalized spacial score (nSPS) is 10.5. The number of benzene rings is 1. The maximum atomic E-state index is 12.6. The molecule has 24 heavy (non-hydrogen) atoms. The molecule has 0 unspecified atom stereocenters. The third kappa shape index (κ3) is 3.25. The van der Waals surface area contributed by atoms with Crippen LogP contribution in [-0.4, -0.2) is 27.8 Å². The van der Waals surface area contributed by atoms with Gasteiger partial charge >= 0.3 is 0 Å². The van der Waals surface area contributed by atoms with Gasteiger partial charge in [-0.3, -0.25) is 4.79 Å². The summed E-state index contributed by atoms with van der Waals surface area (Å²) in [4.78, 5) is 16.8. The monoisotopic (exact) mass is 434 g/mol. The lowest BCUT2D eigenvalue weighted by molar-refractivity contribution is 0.102. The number of aromatic nitrogens is 3. The minimum absolute atomic E-state index is 0.210. The number of carbonyl (C=O) groups is 1. The summed E-state index contributed by atoms with van der Waals surface area (Å²) in [6, 6.07) is 11.0. The second-order valence-electron chi connectivity index (χ2n) is 5.04. The topological polar surface area (TPSA) is 69.0 Å². The molecule has 2 heterocycles. The molecule has 0 aliphatic carbocycles. The van der Waals surface area contributed by atoms with Gasteiger partial charge in [-0.25, -0.2) is 9.67 Å². The van der Waals surface area contributed by atoms with Crippen molar-refractivity contribution in [3.8, 4) is 11.6 Å². The summed E-state index contributed by atoms with van der Waals surface area (Å²) in [5.74, 6) is 1.21. The van der Waals surface area contributed by atoms with E-state index in [9.17, 15) is 4.79 Å². The number of anilines is 1. The van der Waals surface area contributed by atoms with Gasteiger partial charge in [0.05, 0.1) is 30.3 Å². The number of ether oxygens (including phenoxy) is 1. The van der Waals surface area contributed by atoms with Crippen molar-refractivity contribution in [2.45, 2.75) is 6.92 Å². The van der Waals surface area contributed by atoms with Crippen LogP contribution in [0.1, 0.15) is 16.1 Å². The van der Waals surface area contributed by atoms with Gasteiger partial charge in [0.1, 0.15) is 5.75 Å². The molecule has 0 aliphatic heterocycles. The molecule has 0 atom stereocenters. The van der Waals surface area contributed by atoms with Gasteiger partial charge in [-0.15, -0.1) is 0 Å². The summed E-state index contributed by atoms with van der Waals surface area (Å²) in [5.41, 5.74) is 1.97. The number of nitrogens with zero attached hydrogens (tertiary/aromatic N) is 3. The second kappa shape index (κ2) is 7.00. The number of rotatable bonds is 4. The molecule has 0 fully saturated rings. The first-order valence-corrected chi connectivity index (χ1v) is 8.29. The van der Waals surface area contributed by atoms with Crippen molar-refractivity contribution in [2.24, 2.45) is 0 Å². The third-order valence-corrected chi connectivity index (χ3v) is 4.44. The Labute approximate surface area is 153 Å². The lowest BCUT2D eigenvalue weighted by atomic mass is 10.2. The van der Waals surface area contributed by atoms with Crippen LogP contribution in [0.15, 0.2) is 48.8 Å². The fourth-order valence-electron chi connectivity index (χ4n) is 2.26. The Bertz CT molecular complexity index is 878. The van der Waals surface area contributed by atoms with Crippen LogP contribution >= 0.6 is 22.6 Å². The average molecular weight is 434 g/mol.